The highest BCUT2D eigenvalue weighted by Crippen LogP contribution is 2.25. The van der Waals surface area contributed by atoms with Crippen molar-refractivity contribution >= 4 is 16.9 Å². The van der Waals surface area contributed by atoms with E-state index in [1.165, 1.54) is 0 Å². The smallest absolute Gasteiger partial charge is 0.355 e. The summed E-state index contributed by atoms with van der Waals surface area (Å²) in [6.07, 6.45) is -0.659. The highest BCUT2D eigenvalue weighted by atomic mass is 16.6. The fourth-order valence-electron chi connectivity index (χ4n) is 3.20. The van der Waals surface area contributed by atoms with Crippen molar-refractivity contribution in [1.29, 1.82) is 0 Å². The lowest BCUT2D eigenvalue weighted by atomic mass is 10.1. The average molecular weight is 375 g/mol. The van der Waals surface area contributed by atoms with Crippen LogP contribution in [0.3, 0.4) is 0 Å². The molecule has 2 heterocycles. The molecule has 4 rings (SSSR count). The maximum Gasteiger partial charge on any atom is 0.355 e. The van der Waals surface area contributed by atoms with Gasteiger partial charge in [-0.15, -0.1) is 10.2 Å². The third-order valence-corrected chi connectivity index (χ3v) is 4.68. The summed E-state index contributed by atoms with van der Waals surface area (Å²) in [7, 11) is 0. The Kier molecular flexibility index (Phi) is 4.47. The van der Waals surface area contributed by atoms with Crippen LogP contribution in [0.25, 0.3) is 22.4 Å². The number of nitrogens with one attached hydrogen (secondary N) is 1. The molecule has 0 saturated heterocycles. The molecule has 1 N–H and O–H groups in total. The van der Waals surface area contributed by atoms with Crippen LogP contribution in [0.5, 0.6) is 0 Å². The Bertz CT molecular complexity index is 1160. The van der Waals surface area contributed by atoms with E-state index in [1.807, 2.05) is 57.2 Å². The Morgan fingerprint density at radius 3 is 2.54 bits per heavy atom. The minimum Gasteiger partial charge on any atom is -0.448 e. The van der Waals surface area contributed by atoms with Crippen molar-refractivity contribution < 1.29 is 13.9 Å². The number of aromatic amines is 1. The van der Waals surface area contributed by atoms with Crippen LogP contribution in [0.15, 0.2) is 46.9 Å². The first kappa shape index (κ1) is 18.0. The number of nitrogens with zero attached hydrogens (tertiary/aromatic N) is 2. The summed E-state index contributed by atoms with van der Waals surface area (Å²) in [4.78, 5) is 15.7. The van der Waals surface area contributed by atoms with Crippen molar-refractivity contribution in [2.45, 2.75) is 33.8 Å². The summed E-state index contributed by atoms with van der Waals surface area (Å²) >= 11 is 0. The molecule has 0 spiro atoms. The standard InChI is InChI=1S/C22H21N3O3/c1-12-5-7-16(8-6-12)21-25-24-20(28-21)15(4)27-22(26)19-11-17-14(3)9-13(2)10-18(17)23-19/h5-11,15,23H,1-4H3. The predicted molar refractivity (Wildman–Crippen MR) is 106 cm³/mol. The quantitative estimate of drug-likeness (QED) is 0.504. The Balaban J connectivity index is 1.52. The van der Waals surface area contributed by atoms with E-state index in [1.54, 1.807) is 6.92 Å². The normalized spacial score (nSPS) is 12.3. The molecule has 0 saturated carbocycles. The second-order valence-electron chi connectivity index (χ2n) is 7.09. The van der Waals surface area contributed by atoms with Gasteiger partial charge >= 0.3 is 5.97 Å². The number of hydrogen-bond acceptors (Lipinski definition) is 5. The van der Waals surface area contributed by atoms with E-state index in [9.17, 15) is 4.79 Å². The molecule has 0 amide bonds. The predicted octanol–water partition coefficient (Wildman–Crippen LogP) is 5.06. The lowest BCUT2D eigenvalue weighted by Gasteiger charge is -2.08. The number of carbonyl (C=O) groups is 1. The molecule has 0 aliphatic rings. The number of H-pyrrole nitrogens is 1. The molecular formula is C22H21N3O3. The number of aryl methyl sites for hydroxylation is 3. The number of esters is 1. The van der Waals surface area contributed by atoms with Gasteiger partial charge in [0.15, 0.2) is 6.10 Å². The minimum absolute atomic E-state index is 0.257. The van der Waals surface area contributed by atoms with Crippen molar-refractivity contribution in [3.05, 3.63) is 70.7 Å². The van der Waals surface area contributed by atoms with E-state index in [2.05, 4.69) is 21.2 Å². The fraction of sp³-hybridized carbons (Fsp3) is 0.227. The van der Waals surface area contributed by atoms with Crippen LogP contribution in [-0.4, -0.2) is 21.2 Å². The van der Waals surface area contributed by atoms with E-state index < -0.39 is 12.1 Å². The van der Waals surface area contributed by atoms with Gasteiger partial charge in [-0.1, -0.05) is 23.8 Å². The third-order valence-electron chi connectivity index (χ3n) is 4.68. The topological polar surface area (TPSA) is 81.0 Å². The summed E-state index contributed by atoms with van der Waals surface area (Å²) < 4.78 is 11.2. The Morgan fingerprint density at radius 1 is 1.04 bits per heavy atom. The monoisotopic (exact) mass is 375 g/mol. The second kappa shape index (κ2) is 6.96. The molecule has 0 aliphatic carbocycles. The molecule has 1 unspecified atom stereocenters. The molecule has 0 radical (unpaired) electrons. The van der Waals surface area contributed by atoms with Crippen molar-refractivity contribution in [1.82, 2.24) is 15.2 Å². The van der Waals surface area contributed by atoms with E-state index in [-0.39, 0.29) is 5.89 Å². The first-order valence-corrected chi connectivity index (χ1v) is 9.12. The summed E-state index contributed by atoms with van der Waals surface area (Å²) in [5, 5.41) is 9.09. The Hall–Kier alpha value is -3.41. The molecule has 1 atom stereocenters. The second-order valence-corrected chi connectivity index (χ2v) is 7.09. The maximum absolute atomic E-state index is 12.6. The van der Waals surface area contributed by atoms with Gasteiger partial charge in [-0.3, -0.25) is 0 Å². The number of fused-ring (bicyclic) bond motifs is 1. The highest BCUT2D eigenvalue weighted by Gasteiger charge is 2.21. The summed E-state index contributed by atoms with van der Waals surface area (Å²) in [6, 6.07) is 13.7. The molecule has 2 aromatic carbocycles. The molecule has 6 nitrogen and oxygen atoms in total. The Labute approximate surface area is 162 Å². The summed E-state index contributed by atoms with van der Waals surface area (Å²) in [5.74, 6) is 0.192. The summed E-state index contributed by atoms with van der Waals surface area (Å²) in [5.41, 5.74) is 5.52. The van der Waals surface area contributed by atoms with Gasteiger partial charge in [-0.05, 0) is 63.1 Å². The van der Waals surface area contributed by atoms with Gasteiger partial charge < -0.3 is 14.1 Å². The molecule has 0 aliphatic heterocycles. The van der Waals surface area contributed by atoms with Gasteiger partial charge in [0.2, 0.25) is 5.89 Å². The molecular weight excluding hydrogens is 354 g/mol. The zero-order valence-electron chi connectivity index (χ0n) is 16.2. The highest BCUT2D eigenvalue weighted by molar-refractivity contribution is 5.96. The van der Waals surface area contributed by atoms with Crippen LogP contribution in [-0.2, 0) is 4.74 Å². The van der Waals surface area contributed by atoms with Crippen molar-refractivity contribution in [3.63, 3.8) is 0 Å². The van der Waals surface area contributed by atoms with Crippen LogP contribution < -0.4 is 0 Å². The Morgan fingerprint density at radius 2 is 1.79 bits per heavy atom. The average Bonchev–Trinajstić information content (AvgIpc) is 3.29. The van der Waals surface area contributed by atoms with Crippen LogP contribution in [0.2, 0.25) is 0 Å². The molecule has 0 fully saturated rings. The molecule has 142 valence electrons. The zero-order valence-corrected chi connectivity index (χ0v) is 16.2. The van der Waals surface area contributed by atoms with Gasteiger partial charge in [-0.2, -0.15) is 0 Å². The third kappa shape index (κ3) is 3.41. The number of ether oxygens (including phenoxy) is 1. The van der Waals surface area contributed by atoms with E-state index >= 15 is 0 Å². The van der Waals surface area contributed by atoms with Crippen LogP contribution >= 0.6 is 0 Å². The van der Waals surface area contributed by atoms with E-state index in [4.69, 9.17) is 9.15 Å². The molecule has 4 aromatic rings. The van der Waals surface area contributed by atoms with Crippen LogP contribution in [0.1, 0.15) is 46.1 Å². The number of aromatic nitrogens is 3. The maximum atomic E-state index is 12.6. The number of rotatable bonds is 4. The van der Waals surface area contributed by atoms with Crippen molar-refractivity contribution in [2.24, 2.45) is 0 Å². The van der Waals surface area contributed by atoms with Gasteiger partial charge in [0.05, 0.1) is 0 Å². The van der Waals surface area contributed by atoms with Crippen molar-refractivity contribution in [2.75, 3.05) is 0 Å². The van der Waals surface area contributed by atoms with E-state index in [0.717, 1.165) is 33.2 Å². The summed E-state index contributed by atoms with van der Waals surface area (Å²) in [6.45, 7) is 7.76. The molecule has 0 bridgehead atoms. The lowest BCUT2D eigenvalue weighted by molar-refractivity contribution is 0.0274. The van der Waals surface area contributed by atoms with Gasteiger partial charge in [-0.25, -0.2) is 4.79 Å². The fourth-order valence-corrected chi connectivity index (χ4v) is 3.20. The molecule has 2 aromatic heterocycles. The van der Waals surface area contributed by atoms with Crippen LogP contribution in [0.4, 0.5) is 0 Å². The number of benzene rings is 2. The molecule has 28 heavy (non-hydrogen) atoms. The minimum atomic E-state index is -0.659. The van der Waals surface area contributed by atoms with Gasteiger partial charge in [0.25, 0.3) is 5.89 Å². The number of carbonyl (C=O) groups excluding carboxylic acids is 1. The van der Waals surface area contributed by atoms with Crippen molar-refractivity contribution in [3.8, 4) is 11.5 Å². The number of hydrogen-bond donors (Lipinski definition) is 1. The zero-order chi connectivity index (χ0) is 19.8. The first-order valence-electron chi connectivity index (χ1n) is 9.12. The lowest BCUT2D eigenvalue weighted by Crippen LogP contribution is -2.09. The largest absolute Gasteiger partial charge is 0.448 e. The first-order chi connectivity index (χ1) is 13.4. The van der Waals surface area contributed by atoms with E-state index in [0.29, 0.717) is 11.6 Å². The van der Waals surface area contributed by atoms with Gasteiger partial charge in [0.1, 0.15) is 5.69 Å². The van der Waals surface area contributed by atoms with Crippen LogP contribution in [0, 0.1) is 20.8 Å². The van der Waals surface area contributed by atoms with Gasteiger partial charge in [0, 0.05) is 16.5 Å². The molecule has 6 heteroatoms. The SMILES string of the molecule is Cc1ccc(-c2nnc(C(C)OC(=O)c3cc4c(C)cc(C)cc4[nH]3)o2)cc1.